The predicted octanol–water partition coefficient (Wildman–Crippen LogP) is 4.96. The van der Waals surface area contributed by atoms with Crippen molar-refractivity contribution in [3.05, 3.63) is 83.6 Å². The summed E-state index contributed by atoms with van der Waals surface area (Å²) < 4.78 is 72.3. The number of aliphatic hydroxyl groups is 1. The van der Waals surface area contributed by atoms with E-state index in [0.29, 0.717) is 36.4 Å². The van der Waals surface area contributed by atoms with E-state index in [-0.39, 0.29) is 12.2 Å². The summed E-state index contributed by atoms with van der Waals surface area (Å²) in [5.74, 6) is 1.27. The summed E-state index contributed by atoms with van der Waals surface area (Å²) in [6.07, 6.45) is -3.25. The first-order valence-electron chi connectivity index (χ1n) is 12.4. The minimum Gasteiger partial charge on any atom is -0.492 e. The third-order valence-electron chi connectivity index (χ3n) is 6.42. The molecule has 0 saturated heterocycles. The van der Waals surface area contributed by atoms with Gasteiger partial charge in [-0.25, -0.2) is 8.42 Å². The summed E-state index contributed by atoms with van der Waals surface area (Å²) in [6.45, 7) is 0.982. The zero-order valence-electron chi connectivity index (χ0n) is 20.7. The molecule has 1 heterocycles. The first kappa shape index (κ1) is 27.0. The van der Waals surface area contributed by atoms with Gasteiger partial charge < -0.3 is 15.2 Å². The summed E-state index contributed by atoms with van der Waals surface area (Å²) in [5, 5.41) is 22.2. The second-order valence-corrected chi connectivity index (χ2v) is 11.1. The number of sulfonamides is 1. The molecule has 8 nitrogen and oxygen atoms in total. The number of benzene rings is 3. The lowest BCUT2D eigenvalue weighted by Gasteiger charge is -2.15. The molecule has 0 amide bonds. The molecule has 0 spiro atoms. The summed E-state index contributed by atoms with van der Waals surface area (Å²) in [4.78, 5) is -0.514. The number of nitrogens with zero attached hydrogens (tertiary/aromatic N) is 1. The minimum atomic E-state index is -4.67. The molecule has 1 fully saturated rings. The molecule has 4 N–H and O–H groups in total. The van der Waals surface area contributed by atoms with Crippen LogP contribution in [-0.2, 0) is 16.2 Å². The number of aliphatic hydroxyl groups excluding tert-OH is 1. The Morgan fingerprint density at radius 1 is 1.08 bits per heavy atom. The fraction of sp³-hybridized carbons (Fsp3) is 0.296. The number of anilines is 1. The molecule has 39 heavy (non-hydrogen) atoms. The van der Waals surface area contributed by atoms with Crippen molar-refractivity contribution >= 4 is 26.6 Å². The number of rotatable bonds is 11. The van der Waals surface area contributed by atoms with Crippen molar-refractivity contribution in [1.82, 2.24) is 15.5 Å². The summed E-state index contributed by atoms with van der Waals surface area (Å²) >= 11 is 0. The number of nitrogens with one attached hydrogen (secondary N) is 3. The van der Waals surface area contributed by atoms with Crippen molar-refractivity contribution in [2.45, 2.75) is 35.9 Å². The van der Waals surface area contributed by atoms with Crippen molar-refractivity contribution in [2.75, 3.05) is 24.4 Å². The van der Waals surface area contributed by atoms with Crippen molar-refractivity contribution in [2.24, 2.45) is 0 Å². The number of halogens is 3. The predicted molar refractivity (Wildman–Crippen MR) is 140 cm³/mol. The van der Waals surface area contributed by atoms with Crippen LogP contribution < -0.4 is 14.8 Å². The topological polar surface area (TPSA) is 116 Å². The number of hydrogen-bond donors (Lipinski definition) is 4. The Kier molecular flexibility index (Phi) is 7.52. The summed E-state index contributed by atoms with van der Waals surface area (Å²) in [5.41, 5.74) is 1.53. The van der Waals surface area contributed by atoms with Crippen molar-refractivity contribution in [1.29, 1.82) is 0 Å². The molecular formula is C27H27F3N4O4S. The number of H-pyrrole nitrogens is 1. The van der Waals surface area contributed by atoms with Gasteiger partial charge in [0.05, 0.1) is 22.1 Å². The van der Waals surface area contributed by atoms with Crippen LogP contribution in [0.1, 0.15) is 41.7 Å². The average Bonchev–Trinajstić information content (AvgIpc) is 3.66. The second-order valence-electron chi connectivity index (χ2n) is 9.42. The molecule has 1 atom stereocenters. The third-order valence-corrected chi connectivity index (χ3v) is 7.80. The number of alkyl halides is 3. The Labute approximate surface area is 223 Å². The number of fused-ring (bicyclic) bond motifs is 1. The van der Waals surface area contributed by atoms with Gasteiger partial charge >= 0.3 is 6.18 Å². The SMILES string of the molecule is O=S(=O)(Nc1cccc([C@@H](O)CNCCOc2ccc3c(C4CC4)[nH]nc3c2)c1)c1cccc(C(F)(F)F)c1. The molecule has 206 valence electrons. The maximum Gasteiger partial charge on any atom is 0.416 e. The summed E-state index contributed by atoms with van der Waals surface area (Å²) in [7, 11) is -4.27. The molecule has 12 heteroatoms. The van der Waals surface area contributed by atoms with Gasteiger partial charge in [0.2, 0.25) is 0 Å². The highest BCUT2D eigenvalue weighted by molar-refractivity contribution is 7.92. The van der Waals surface area contributed by atoms with Gasteiger partial charge in [-0.1, -0.05) is 18.2 Å². The maximum absolute atomic E-state index is 13.0. The fourth-order valence-corrected chi connectivity index (χ4v) is 5.34. The molecule has 1 aromatic heterocycles. The minimum absolute atomic E-state index is 0.117. The van der Waals surface area contributed by atoms with E-state index in [1.54, 1.807) is 12.1 Å². The van der Waals surface area contributed by atoms with Gasteiger partial charge in [-0.2, -0.15) is 18.3 Å². The number of aromatic nitrogens is 2. The number of aromatic amines is 1. The van der Waals surface area contributed by atoms with Gasteiger partial charge in [-0.15, -0.1) is 0 Å². The van der Waals surface area contributed by atoms with E-state index in [9.17, 15) is 26.7 Å². The highest BCUT2D eigenvalue weighted by Gasteiger charge is 2.32. The second kappa shape index (κ2) is 10.9. The van der Waals surface area contributed by atoms with Gasteiger partial charge in [-0.3, -0.25) is 9.82 Å². The van der Waals surface area contributed by atoms with Crippen LogP contribution in [0.4, 0.5) is 18.9 Å². The lowest BCUT2D eigenvalue weighted by molar-refractivity contribution is -0.137. The van der Waals surface area contributed by atoms with E-state index in [1.807, 2.05) is 18.2 Å². The molecule has 1 aliphatic rings. The van der Waals surface area contributed by atoms with Crippen LogP contribution in [0, 0.1) is 0 Å². The standard InChI is InChI=1S/C27H27F3N4O4S/c28-27(29,30)19-4-2-6-22(14-19)39(36,37)34-20-5-1-3-18(13-20)25(35)16-31-11-12-38-21-9-10-23-24(15-21)32-33-26(23)17-7-8-17/h1-6,9-10,13-15,17,25,31,34-35H,7-8,11-12,16H2,(H,32,33)/t25-/m0/s1. The van der Waals surface area contributed by atoms with Crippen molar-refractivity contribution < 1.29 is 31.4 Å². The van der Waals surface area contributed by atoms with Gasteiger partial charge in [0.1, 0.15) is 12.4 Å². The molecule has 0 bridgehead atoms. The van der Waals surface area contributed by atoms with Crippen LogP contribution in [0.15, 0.2) is 71.6 Å². The number of hydrogen-bond acceptors (Lipinski definition) is 6. The van der Waals surface area contributed by atoms with Gasteiger partial charge in [0.25, 0.3) is 10.0 Å². The van der Waals surface area contributed by atoms with Crippen LogP contribution in [-0.4, -0.2) is 43.4 Å². The van der Waals surface area contributed by atoms with Crippen molar-refractivity contribution in [3.63, 3.8) is 0 Å². The monoisotopic (exact) mass is 560 g/mol. The van der Waals surface area contributed by atoms with Gasteiger partial charge in [-0.05, 0) is 60.9 Å². The molecular weight excluding hydrogens is 533 g/mol. The van der Waals surface area contributed by atoms with E-state index >= 15 is 0 Å². The molecule has 0 aliphatic heterocycles. The van der Waals surface area contributed by atoms with E-state index in [0.717, 1.165) is 29.1 Å². The maximum atomic E-state index is 13.0. The Balaban J connectivity index is 1.12. The molecule has 5 rings (SSSR count). The highest BCUT2D eigenvalue weighted by Crippen LogP contribution is 2.42. The van der Waals surface area contributed by atoms with Crippen molar-refractivity contribution in [3.8, 4) is 5.75 Å². The third kappa shape index (κ3) is 6.52. The van der Waals surface area contributed by atoms with Crippen LogP contribution >= 0.6 is 0 Å². The quantitative estimate of drug-likeness (QED) is 0.193. The lowest BCUT2D eigenvalue weighted by Crippen LogP contribution is -2.26. The smallest absolute Gasteiger partial charge is 0.416 e. The first-order valence-corrected chi connectivity index (χ1v) is 13.9. The summed E-state index contributed by atoms with van der Waals surface area (Å²) in [6, 6.07) is 15.4. The van der Waals surface area contributed by atoms with E-state index in [2.05, 4.69) is 20.2 Å². The van der Waals surface area contributed by atoms with Crippen LogP contribution in [0.5, 0.6) is 5.75 Å². The first-order chi connectivity index (χ1) is 18.6. The molecule has 4 aromatic rings. The van der Waals surface area contributed by atoms with Gasteiger partial charge in [0, 0.05) is 41.8 Å². The van der Waals surface area contributed by atoms with Crippen LogP contribution in [0.25, 0.3) is 10.9 Å². The molecule has 0 radical (unpaired) electrons. The molecule has 3 aromatic carbocycles. The average molecular weight is 561 g/mol. The molecule has 1 saturated carbocycles. The fourth-order valence-electron chi connectivity index (χ4n) is 4.25. The van der Waals surface area contributed by atoms with Crippen LogP contribution in [0.2, 0.25) is 0 Å². The normalized spacial score (nSPS) is 14.9. The van der Waals surface area contributed by atoms with E-state index in [4.69, 9.17) is 4.74 Å². The zero-order chi connectivity index (χ0) is 27.6. The highest BCUT2D eigenvalue weighted by atomic mass is 32.2. The Bertz CT molecular complexity index is 1570. The zero-order valence-corrected chi connectivity index (χ0v) is 21.5. The molecule has 0 unspecified atom stereocenters. The Hall–Kier alpha value is -3.61. The number of ether oxygens (including phenoxy) is 1. The molecule has 1 aliphatic carbocycles. The largest absolute Gasteiger partial charge is 0.492 e. The Morgan fingerprint density at radius 3 is 2.64 bits per heavy atom. The van der Waals surface area contributed by atoms with E-state index in [1.165, 1.54) is 30.7 Å². The van der Waals surface area contributed by atoms with Crippen LogP contribution in [0.3, 0.4) is 0 Å². The van der Waals surface area contributed by atoms with E-state index < -0.39 is 32.8 Å². The van der Waals surface area contributed by atoms with Gasteiger partial charge in [0.15, 0.2) is 0 Å². The lowest BCUT2D eigenvalue weighted by atomic mass is 10.1. The Morgan fingerprint density at radius 2 is 1.87 bits per heavy atom.